The van der Waals surface area contributed by atoms with Crippen molar-refractivity contribution >= 4 is 17.2 Å². The third-order valence-corrected chi connectivity index (χ3v) is 6.51. The van der Waals surface area contributed by atoms with Gasteiger partial charge in [-0.2, -0.15) is 0 Å². The smallest absolute Gasteiger partial charge is 0.262 e. The van der Waals surface area contributed by atoms with Crippen molar-refractivity contribution in [3.05, 3.63) is 57.3 Å². The van der Waals surface area contributed by atoms with Gasteiger partial charge >= 0.3 is 0 Å². The first-order valence-electron chi connectivity index (χ1n) is 10.2. The zero-order valence-corrected chi connectivity index (χ0v) is 19.3. The lowest BCUT2D eigenvalue weighted by Gasteiger charge is -2.32. The van der Waals surface area contributed by atoms with E-state index in [-0.39, 0.29) is 23.4 Å². The molecule has 30 heavy (non-hydrogen) atoms. The number of hydrogen-bond acceptors (Lipinski definition) is 5. The molecule has 1 aliphatic carbocycles. The summed E-state index contributed by atoms with van der Waals surface area (Å²) in [6, 6.07) is 6.11. The predicted octanol–water partition coefficient (Wildman–Crippen LogP) is 4.43. The Morgan fingerprint density at radius 1 is 1.23 bits per heavy atom. The van der Waals surface area contributed by atoms with Gasteiger partial charge in [0.05, 0.1) is 19.1 Å². The van der Waals surface area contributed by atoms with Gasteiger partial charge in [-0.25, -0.2) is 0 Å². The SMILES string of the molecule is C=CCc1cc([C@@H]2c3cc(OC)c(OC)cc3CC[C@H]2N)c(C(=O)NC(C)(C)C)s1. The van der Waals surface area contributed by atoms with Crippen LogP contribution in [0.5, 0.6) is 11.5 Å². The molecule has 0 saturated heterocycles. The first-order chi connectivity index (χ1) is 14.2. The van der Waals surface area contributed by atoms with Crippen molar-refractivity contribution in [3.8, 4) is 11.5 Å². The van der Waals surface area contributed by atoms with E-state index in [1.807, 2.05) is 39.0 Å². The third-order valence-electron chi connectivity index (χ3n) is 5.34. The van der Waals surface area contributed by atoms with E-state index in [0.29, 0.717) is 11.5 Å². The highest BCUT2D eigenvalue weighted by atomic mass is 32.1. The first-order valence-corrected chi connectivity index (χ1v) is 11.1. The molecule has 1 amide bonds. The number of amides is 1. The number of allylic oxidation sites excluding steroid dienone is 1. The fourth-order valence-electron chi connectivity index (χ4n) is 4.07. The number of carbonyl (C=O) groups excluding carboxylic acids is 1. The van der Waals surface area contributed by atoms with Crippen LogP contribution in [0.4, 0.5) is 0 Å². The van der Waals surface area contributed by atoms with Crippen LogP contribution in [0.25, 0.3) is 0 Å². The Morgan fingerprint density at radius 3 is 2.50 bits per heavy atom. The highest BCUT2D eigenvalue weighted by Gasteiger charge is 2.34. The molecule has 162 valence electrons. The number of aryl methyl sites for hydroxylation is 1. The summed E-state index contributed by atoms with van der Waals surface area (Å²) in [4.78, 5) is 15.0. The summed E-state index contributed by atoms with van der Waals surface area (Å²) in [6.07, 6.45) is 4.31. The fourth-order valence-corrected chi connectivity index (χ4v) is 5.16. The zero-order valence-electron chi connectivity index (χ0n) is 18.5. The second kappa shape index (κ2) is 8.82. The number of nitrogens with two attached hydrogens (primary N) is 1. The molecule has 1 aliphatic rings. The average Bonchev–Trinajstić information content (AvgIpc) is 3.09. The van der Waals surface area contributed by atoms with Gasteiger partial charge in [0.25, 0.3) is 5.91 Å². The Hall–Kier alpha value is -2.31. The molecule has 2 aromatic rings. The highest BCUT2D eigenvalue weighted by Crippen LogP contribution is 2.44. The summed E-state index contributed by atoms with van der Waals surface area (Å²) in [5.41, 5.74) is 9.62. The highest BCUT2D eigenvalue weighted by molar-refractivity contribution is 7.14. The van der Waals surface area contributed by atoms with Crippen molar-refractivity contribution in [1.29, 1.82) is 0 Å². The minimum atomic E-state index is -0.319. The standard InChI is InChI=1S/C24H32N2O3S/c1-7-8-15-12-17(22(30-15)23(27)26-24(2,3)4)21-16-13-20(29-6)19(28-5)11-14(16)9-10-18(21)25/h7,11-13,18,21H,1,8-10,25H2,2-6H3,(H,26,27)/t18-,21+/m1/s1. The van der Waals surface area contributed by atoms with E-state index in [1.54, 1.807) is 14.2 Å². The average molecular weight is 429 g/mol. The molecule has 0 bridgehead atoms. The maximum atomic E-state index is 13.2. The van der Waals surface area contributed by atoms with Crippen LogP contribution in [0, 0.1) is 0 Å². The summed E-state index contributed by atoms with van der Waals surface area (Å²) < 4.78 is 11.0. The van der Waals surface area contributed by atoms with E-state index >= 15 is 0 Å². The molecule has 3 rings (SSSR count). The van der Waals surface area contributed by atoms with Crippen molar-refractivity contribution in [2.45, 2.75) is 57.5 Å². The second-order valence-electron chi connectivity index (χ2n) is 8.78. The molecule has 0 aliphatic heterocycles. The van der Waals surface area contributed by atoms with Crippen LogP contribution in [0.15, 0.2) is 30.9 Å². The predicted molar refractivity (Wildman–Crippen MR) is 123 cm³/mol. The van der Waals surface area contributed by atoms with Crippen LogP contribution in [0.2, 0.25) is 0 Å². The zero-order chi connectivity index (χ0) is 22.1. The minimum Gasteiger partial charge on any atom is -0.493 e. The molecule has 0 spiro atoms. The lowest BCUT2D eigenvalue weighted by Crippen LogP contribution is -2.41. The molecule has 1 aromatic carbocycles. The van der Waals surface area contributed by atoms with E-state index in [9.17, 15) is 4.79 Å². The van der Waals surface area contributed by atoms with Crippen molar-refractivity contribution in [2.24, 2.45) is 5.73 Å². The van der Waals surface area contributed by atoms with Crippen molar-refractivity contribution in [1.82, 2.24) is 5.32 Å². The summed E-state index contributed by atoms with van der Waals surface area (Å²) in [5.74, 6) is 1.26. The lowest BCUT2D eigenvalue weighted by molar-refractivity contribution is 0.0922. The number of methoxy groups -OCH3 is 2. The summed E-state index contributed by atoms with van der Waals surface area (Å²) >= 11 is 1.53. The largest absolute Gasteiger partial charge is 0.493 e. The van der Waals surface area contributed by atoms with Gasteiger partial charge in [-0.15, -0.1) is 17.9 Å². The molecule has 5 nitrogen and oxygen atoms in total. The van der Waals surface area contributed by atoms with Gasteiger partial charge in [0.15, 0.2) is 11.5 Å². The number of hydrogen-bond donors (Lipinski definition) is 2. The molecule has 3 N–H and O–H groups in total. The quantitative estimate of drug-likeness (QED) is 0.668. The van der Waals surface area contributed by atoms with Crippen molar-refractivity contribution in [2.75, 3.05) is 14.2 Å². The molecule has 6 heteroatoms. The minimum absolute atomic E-state index is 0.0578. The van der Waals surface area contributed by atoms with Gasteiger partial charge in [-0.1, -0.05) is 6.08 Å². The van der Waals surface area contributed by atoms with Crippen LogP contribution in [-0.2, 0) is 12.8 Å². The molecule has 0 unspecified atom stereocenters. The Balaban J connectivity index is 2.15. The fraction of sp³-hybridized carbons (Fsp3) is 0.458. The van der Waals surface area contributed by atoms with Crippen LogP contribution >= 0.6 is 11.3 Å². The van der Waals surface area contributed by atoms with Gasteiger partial charge in [0.2, 0.25) is 0 Å². The number of benzene rings is 1. The normalized spacial score (nSPS) is 18.5. The molecular weight excluding hydrogens is 396 g/mol. The van der Waals surface area contributed by atoms with E-state index in [2.05, 4.69) is 18.0 Å². The Labute approximate surface area is 183 Å². The summed E-state index contributed by atoms with van der Waals surface area (Å²) in [6.45, 7) is 9.82. The van der Waals surface area contributed by atoms with Crippen LogP contribution in [0.3, 0.4) is 0 Å². The second-order valence-corrected chi connectivity index (χ2v) is 9.92. The summed E-state index contributed by atoms with van der Waals surface area (Å²) in [7, 11) is 3.28. The topological polar surface area (TPSA) is 73.6 Å². The van der Waals surface area contributed by atoms with Crippen molar-refractivity contribution in [3.63, 3.8) is 0 Å². The number of rotatable bonds is 6. The molecule has 1 heterocycles. The van der Waals surface area contributed by atoms with Gasteiger partial charge in [0, 0.05) is 22.4 Å². The van der Waals surface area contributed by atoms with Gasteiger partial charge < -0.3 is 20.5 Å². The van der Waals surface area contributed by atoms with Gasteiger partial charge in [-0.05, 0) is 74.9 Å². The first kappa shape index (κ1) is 22.4. The van der Waals surface area contributed by atoms with Crippen LogP contribution < -0.4 is 20.5 Å². The maximum absolute atomic E-state index is 13.2. The number of carbonyl (C=O) groups is 1. The molecule has 0 fully saturated rings. The summed E-state index contributed by atoms with van der Waals surface area (Å²) in [5, 5.41) is 3.11. The molecule has 2 atom stereocenters. The Bertz CT molecular complexity index is 943. The van der Waals surface area contributed by atoms with Gasteiger partial charge in [0.1, 0.15) is 0 Å². The number of thiophene rings is 1. The lowest BCUT2D eigenvalue weighted by atomic mass is 9.75. The van der Waals surface area contributed by atoms with E-state index in [4.69, 9.17) is 15.2 Å². The van der Waals surface area contributed by atoms with Crippen molar-refractivity contribution < 1.29 is 14.3 Å². The molecular formula is C24H32N2O3S. The monoisotopic (exact) mass is 428 g/mol. The molecule has 0 saturated carbocycles. The van der Waals surface area contributed by atoms with Crippen LogP contribution in [0.1, 0.15) is 64.3 Å². The molecule has 1 aromatic heterocycles. The van der Waals surface area contributed by atoms with Crippen LogP contribution in [-0.4, -0.2) is 31.7 Å². The number of ether oxygens (including phenoxy) is 2. The van der Waals surface area contributed by atoms with E-state index in [1.165, 1.54) is 16.9 Å². The Kier molecular flexibility index (Phi) is 6.58. The van der Waals surface area contributed by atoms with Gasteiger partial charge in [-0.3, -0.25) is 4.79 Å². The van der Waals surface area contributed by atoms with E-state index in [0.717, 1.165) is 40.1 Å². The Morgan fingerprint density at radius 2 is 1.90 bits per heavy atom. The third kappa shape index (κ3) is 4.55. The molecule has 0 radical (unpaired) electrons. The maximum Gasteiger partial charge on any atom is 0.262 e. The number of nitrogens with one attached hydrogen (secondary N) is 1. The number of fused-ring (bicyclic) bond motifs is 1. The van der Waals surface area contributed by atoms with E-state index < -0.39 is 0 Å².